The van der Waals surface area contributed by atoms with Gasteiger partial charge in [-0.1, -0.05) is 74.0 Å². The summed E-state index contributed by atoms with van der Waals surface area (Å²) >= 11 is 0. The Balaban J connectivity index is 1.77. The van der Waals surface area contributed by atoms with Crippen molar-refractivity contribution in [2.45, 2.75) is 43.7 Å². The summed E-state index contributed by atoms with van der Waals surface area (Å²) in [5.74, 6) is -2.08. The summed E-state index contributed by atoms with van der Waals surface area (Å²) in [6.45, 7) is 1.65. The predicted octanol–water partition coefficient (Wildman–Crippen LogP) is 5.72. The van der Waals surface area contributed by atoms with E-state index in [-0.39, 0.29) is 23.5 Å². The van der Waals surface area contributed by atoms with Gasteiger partial charge in [-0.25, -0.2) is 17.2 Å². The van der Waals surface area contributed by atoms with Crippen molar-refractivity contribution in [1.29, 1.82) is 0 Å². The number of carbonyl (C=O) groups is 2. The first-order valence-corrected chi connectivity index (χ1v) is 15.8. The van der Waals surface area contributed by atoms with Crippen molar-refractivity contribution in [1.82, 2.24) is 10.2 Å². The number of nitrogens with zero attached hydrogens (tertiary/aromatic N) is 2. The molecule has 1 unspecified atom stereocenters. The minimum absolute atomic E-state index is 0.0552. The zero-order valence-electron chi connectivity index (χ0n) is 24.4. The molecule has 7 nitrogen and oxygen atoms in total. The summed E-state index contributed by atoms with van der Waals surface area (Å²) in [7, 11) is -4.28. The molecule has 1 N–H and O–H groups in total. The first kappa shape index (κ1) is 32.3. The van der Waals surface area contributed by atoms with Crippen LogP contribution in [0.5, 0.6) is 0 Å². The monoisotopic (exact) mass is 619 g/mol. The van der Waals surface area contributed by atoms with Crippen molar-refractivity contribution < 1.29 is 26.8 Å². The van der Waals surface area contributed by atoms with Crippen LogP contribution < -0.4 is 9.62 Å². The Morgan fingerprint density at radius 3 is 1.93 bits per heavy atom. The molecule has 10 heteroatoms. The molecule has 4 aromatic rings. The zero-order chi connectivity index (χ0) is 31.5. The van der Waals surface area contributed by atoms with Crippen LogP contribution in [-0.2, 0) is 32.6 Å². The molecule has 0 aliphatic heterocycles. The van der Waals surface area contributed by atoms with Crippen molar-refractivity contribution in [3.05, 3.63) is 132 Å². The van der Waals surface area contributed by atoms with E-state index in [0.29, 0.717) is 12.1 Å². The van der Waals surface area contributed by atoms with Crippen LogP contribution in [0.1, 0.15) is 30.9 Å². The molecule has 0 bridgehead atoms. The molecule has 0 spiro atoms. The van der Waals surface area contributed by atoms with Crippen LogP contribution in [0, 0.1) is 11.6 Å². The predicted molar refractivity (Wildman–Crippen MR) is 166 cm³/mol. The van der Waals surface area contributed by atoms with Gasteiger partial charge in [0, 0.05) is 19.5 Å². The second-order valence-electron chi connectivity index (χ2n) is 10.3. The molecular formula is C34H35F2N3O4S. The fourth-order valence-electron chi connectivity index (χ4n) is 4.70. The summed E-state index contributed by atoms with van der Waals surface area (Å²) < 4.78 is 56.3. The van der Waals surface area contributed by atoms with Gasteiger partial charge in [0.15, 0.2) is 0 Å². The van der Waals surface area contributed by atoms with Gasteiger partial charge < -0.3 is 10.2 Å². The second kappa shape index (κ2) is 15.2. The Morgan fingerprint density at radius 2 is 1.34 bits per heavy atom. The molecule has 0 aliphatic carbocycles. The van der Waals surface area contributed by atoms with Gasteiger partial charge in [-0.05, 0) is 66.1 Å². The number of rotatable bonds is 14. The molecule has 0 aliphatic rings. The highest BCUT2D eigenvalue weighted by Crippen LogP contribution is 2.25. The minimum atomic E-state index is -4.28. The van der Waals surface area contributed by atoms with E-state index in [1.54, 1.807) is 18.2 Å². The molecule has 4 rings (SSSR count). The van der Waals surface area contributed by atoms with Gasteiger partial charge >= 0.3 is 0 Å². The molecule has 44 heavy (non-hydrogen) atoms. The van der Waals surface area contributed by atoms with Crippen LogP contribution in [0.25, 0.3) is 0 Å². The number of sulfonamides is 1. The van der Waals surface area contributed by atoms with E-state index in [9.17, 15) is 26.8 Å². The Kier molecular flexibility index (Phi) is 11.2. The average molecular weight is 620 g/mol. The Hall–Kier alpha value is -4.57. The molecule has 1 atom stereocenters. The molecular weight excluding hydrogens is 584 g/mol. The van der Waals surface area contributed by atoms with Crippen molar-refractivity contribution in [2.75, 3.05) is 17.4 Å². The average Bonchev–Trinajstić information content (AvgIpc) is 3.03. The number of anilines is 1. The van der Waals surface area contributed by atoms with Gasteiger partial charge in [0.1, 0.15) is 24.2 Å². The minimum Gasteiger partial charge on any atom is -0.354 e. The zero-order valence-corrected chi connectivity index (χ0v) is 25.2. The fraction of sp³-hybridized carbons (Fsp3) is 0.235. The van der Waals surface area contributed by atoms with Gasteiger partial charge in [0.05, 0.1) is 10.6 Å². The summed E-state index contributed by atoms with van der Waals surface area (Å²) in [6.07, 6.45) is 1.75. The van der Waals surface area contributed by atoms with E-state index in [1.807, 2.05) is 37.3 Å². The van der Waals surface area contributed by atoms with Crippen LogP contribution in [0.3, 0.4) is 0 Å². The third-order valence-electron chi connectivity index (χ3n) is 7.09. The lowest BCUT2D eigenvalue weighted by Crippen LogP contribution is -2.53. The molecule has 0 radical (unpaired) electrons. The SMILES string of the molecule is CCCCNC(=O)C(Cc1ccccc1)N(Cc1ccc(F)cc1)C(=O)CN(c1ccc(F)cc1)S(=O)(=O)c1ccccc1. The number of hydrogen-bond acceptors (Lipinski definition) is 4. The van der Waals surface area contributed by atoms with E-state index in [1.165, 1.54) is 53.4 Å². The first-order chi connectivity index (χ1) is 21.2. The molecule has 0 saturated carbocycles. The standard InChI is InChI=1S/C34H35F2N3O4S/c1-2-3-22-37-34(41)32(23-26-10-6-4-7-11-26)38(24-27-14-16-28(35)17-15-27)33(40)25-39(30-20-18-29(36)19-21-30)44(42,43)31-12-8-5-9-13-31/h4-21,32H,2-3,22-25H2,1H3,(H,37,41). The number of hydrogen-bond donors (Lipinski definition) is 1. The highest BCUT2D eigenvalue weighted by Gasteiger charge is 2.34. The van der Waals surface area contributed by atoms with Crippen LogP contribution in [0.4, 0.5) is 14.5 Å². The molecule has 4 aromatic carbocycles. The number of amides is 2. The van der Waals surface area contributed by atoms with Crippen LogP contribution in [0.15, 0.2) is 114 Å². The summed E-state index contributed by atoms with van der Waals surface area (Å²) in [5, 5.41) is 2.92. The van der Waals surface area contributed by atoms with Crippen LogP contribution in [0.2, 0.25) is 0 Å². The largest absolute Gasteiger partial charge is 0.354 e. The smallest absolute Gasteiger partial charge is 0.264 e. The Bertz CT molecular complexity index is 1620. The molecule has 0 aromatic heterocycles. The van der Waals surface area contributed by atoms with Gasteiger partial charge in [-0.2, -0.15) is 0 Å². The Morgan fingerprint density at radius 1 is 0.773 bits per heavy atom. The van der Waals surface area contributed by atoms with Crippen molar-refractivity contribution in [3.8, 4) is 0 Å². The first-order valence-electron chi connectivity index (χ1n) is 14.4. The number of carbonyl (C=O) groups excluding carboxylic acids is 2. The second-order valence-corrected chi connectivity index (χ2v) is 12.2. The highest BCUT2D eigenvalue weighted by atomic mass is 32.2. The maximum atomic E-state index is 14.3. The molecule has 230 valence electrons. The number of benzene rings is 4. The number of unbranched alkanes of at least 4 members (excludes halogenated alkanes) is 1. The lowest BCUT2D eigenvalue weighted by Gasteiger charge is -2.34. The normalized spacial score (nSPS) is 11.9. The number of nitrogens with one attached hydrogen (secondary N) is 1. The lowest BCUT2D eigenvalue weighted by molar-refractivity contribution is -0.140. The summed E-state index contributed by atoms with van der Waals surface area (Å²) in [5.41, 5.74) is 1.43. The van der Waals surface area contributed by atoms with E-state index in [2.05, 4.69) is 5.32 Å². The van der Waals surface area contributed by atoms with E-state index in [4.69, 9.17) is 0 Å². The molecule has 0 heterocycles. The summed E-state index contributed by atoms with van der Waals surface area (Å²) in [6, 6.07) is 26.1. The quantitative estimate of drug-likeness (QED) is 0.183. The highest BCUT2D eigenvalue weighted by molar-refractivity contribution is 7.92. The van der Waals surface area contributed by atoms with Crippen molar-refractivity contribution in [3.63, 3.8) is 0 Å². The molecule has 0 fully saturated rings. The van der Waals surface area contributed by atoms with E-state index in [0.717, 1.165) is 34.8 Å². The summed E-state index contributed by atoms with van der Waals surface area (Å²) in [4.78, 5) is 29.3. The van der Waals surface area contributed by atoms with E-state index >= 15 is 0 Å². The third kappa shape index (κ3) is 8.50. The van der Waals surface area contributed by atoms with Gasteiger partial charge in [-0.3, -0.25) is 13.9 Å². The molecule has 2 amide bonds. The van der Waals surface area contributed by atoms with Crippen LogP contribution in [-0.4, -0.2) is 44.3 Å². The maximum absolute atomic E-state index is 14.3. The topological polar surface area (TPSA) is 86.8 Å². The fourth-order valence-corrected chi connectivity index (χ4v) is 6.14. The van der Waals surface area contributed by atoms with Gasteiger partial charge in [0.2, 0.25) is 11.8 Å². The van der Waals surface area contributed by atoms with Crippen molar-refractivity contribution in [2.24, 2.45) is 0 Å². The van der Waals surface area contributed by atoms with E-state index < -0.39 is 46.1 Å². The third-order valence-corrected chi connectivity index (χ3v) is 8.88. The van der Waals surface area contributed by atoms with Gasteiger partial charge in [-0.15, -0.1) is 0 Å². The Labute approximate surface area is 257 Å². The van der Waals surface area contributed by atoms with Crippen molar-refractivity contribution >= 4 is 27.5 Å². The molecule has 0 saturated heterocycles. The maximum Gasteiger partial charge on any atom is 0.264 e. The van der Waals surface area contributed by atoms with Gasteiger partial charge in [0.25, 0.3) is 10.0 Å². The number of halogens is 2. The lowest BCUT2D eigenvalue weighted by atomic mass is 10.0. The van der Waals surface area contributed by atoms with Crippen LogP contribution >= 0.6 is 0 Å².